The summed E-state index contributed by atoms with van der Waals surface area (Å²) in [5.41, 5.74) is 0. The smallest absolute Gasteiger partial charge is 0.447 e. The average Bonchev–Trinajstić information content (AvgIpc) is 2.30. The lowest BCUT2D eigenvalue weighted by molar-refractivity contribution is 0.148. The molecule has 1 heterocycles. The van der Waals surface area contributed by atoms with Crippen LogP contribution in [0.3, 0.4) is 0 Å². The second-order valence-electron chi connectivity index (χ2n) is 2.00. The van der Waals surface area contributed by atoms with Crippen LogP contribution in [0, 0.1) is 6.92 Å². The molecule has 0 bridgehead atoms. The van der Waals surface area contributed by atoms with Crippen LogP contribution in [0.2, 0.25) is 0 Å². The zero-order valence-corrected chi connectivity index (χ0v) is 6.73. The highest BCUT2D eigenvalue weighted by molar-refractivity contribution is 5.68. The van der Waals surface area contributed by atoms with Crippen molar-refractivity contribution in [3.63, 3.8) is 0 Å². The van der Waals surface area contributed by atoms with Gasteiger partial charge in [0.1, 0.15) is 0 Å². The van der Waals surface area contributed by atoms with Gasteiger partial charge in [-0.2, -0.15) is 0 Å². The molecule has 12 heavy (non-hydrogen) atoms. The normalized spacial score (nSPS) is 9.83. The van der Waals surface area contributed by atoms with Crippen LogP contribution < -0.4 is 5.76 Å². The molecule has 0 aliphatic carbocycles. The fourth-order valence-corrected chi connectivity index (χ4v) is 0.672. The molecule has 1 rings (SSSR count). The van der Waals surface area contributed by atoms with E-state index in [1.165, 1.54) is 6.92 Å². The number of hydrogen-bond donors (Lipinski definition) is 0. The molecule has 0 amide bonds. The highest BCUT2D eigenvalue weighted by Crippen LogP contribution is 1.87. The van der Waals surface area contributed by atoms with Crippen LogP contribution in [0.1, 0.15) is 12.8 Å². The summed E-state index contributed by atoms with van der Waals surface area (Å²) in [5.74, 6) is -0.695. The zero-order valence-electron chi connectivity index (χ0n) is 6.73. The van der Waals surface area contributed by atoms with Gasteiger partial charge in [-0.25, -0.2) is 9.59 Å². The quantitative estimate of drug-likeness (QED) is 0.602. The van der Waals surface area contributed by atoms with Crippen molar-refractivity contribution < 1.29 is 13.9 Å². The number of rotatable bonds is 1. The topological polar surface area (TPSA) is 74.3 Å². The highest BCUT2D eigenvalue weighted by atomic mass is 16.6. The van der Waals surface area contributed by atoms with Crippen LogP contribution in [0.5, 0.6) is 0 Å². The molecule has 0 aliphatic rings. The van der Waals surface area contributed by atoms with Crippen LogP contribution in [0.25, 0.3) is 0 Å². The van der Waals surface area contributed by atoms with Gasteiger partial charge in [-0.3, -0.25) is 0 Å². The maximum atomic E-state index is 10.9. The summed E-state index contributed by atoms with van der Waals surface area (Å²) in [6, 6.07) is 0. The van der Waals surface area contributed by atoms with Crippen LogP contribution in [-0.4, -0.2) is 22.5 Å². The van der Waals surface area contributed by atoms with Crippen molar-refractivity contribution in [2.75, 3.05) is 6.61 Å². The number of nitrogens with zero attached hydrogens (tertiary/aromatic N) is 2. The first kappa shape index (κ1) is 8.51. The molecule has 66 valence electrons. The second kappa shape index (κ2) is 3.21. The summed E-state index contributed by atoms with van der Waals surface area (Å²) >= 11 is 0. The molecule has 0 aliphatic heterocycles. The Morgan fingerprint density at radius 2 is 2.42 bits per heavy atom. The van der Waals surface area contributed by atoms with Crippen molar-refractivity contribution in [2.45, 2.75) is 13.8 Å². The minimum absolute atomic E-state index is 0.132. The standard InChI is InChI=1S/C6H8N2O4/c1-3-11-5(9)8-6(10)12-4(2)7-8/h3H2,1-2H3. The summed E-state index contributed by atoms with van der Waals surface area (Å²) in [7, 11) is 0. The lowest BCUT2D eigenvalue weighted by Gasteiger charge is -1.95. The fraction of sp³-hybridized carbons (Fsp3) is 0.500. The first-order chi connectivity index (χ1) is 5.65. The fourth-order valence-electron chi connectivity index (χ4n) is 0.672. The van der Waals surface area contributed by atoms with Crippen molar-refractivity contribution in [1.29, 1.82) is 0 Å². The van der Waals surface area contributed by atoms with Gasteiger partial charge in [0.25, 0.3) is 0 Å². The maximum absolute atomic E-state index is 10.9. The maximum Gasteiger partial charge on any atom is 0.447 e. The van der Waals surface area contributed by atoms with E-state index in [0.29, 0.717) is 4.68 Å². The zero-order chi connectivity index (χ0) is 9.14. The Morgan fingerprint density at radius 1 is 1.75 bits per heavy atom. The molecule has 0 aromatic carbocycles. The first-order valence-corrected chi connectivity index (χ1v) is 3.39. The van der Waals surface area contributed by atoms with Gasteiger partial charge < -0.3 is 9.15 Å². The number of carbonyl (C=O) groups is 1. The first-order valence-electron chi connectivity index (χ1n) is 3.39. The summed E-state index contributed by atoms with van der Waals surface area (Å²) in [4.78, 5) is 21.7. The molecule has 6 nitrogen and oxygen atoms in total. The van der Waals surface area contributed by atoms with Gasteiger partial charge in [-0.15, -0.1) is 5.10 Å². The number of ether oxygens (including phenoxy) is 1. The Labute approximate surface area is 67.7 Å². The van der Waals surface area contributed by atoms with Crippen LogP contribution >= 0.6 is 0 Å². The van der Waals surface area contributed by atoms with Gasteiger partial charge in [0.05, 0.1) is 6.61 Å². The average molecular weight is 172 g/mol. The summed E-state index contributed by atoms with van der Waals surface area (Å²) < 4.78 is 9.54. The SMILES string of the molecule is CCOC(=O)n1nc(C)oc1=O. The largest absolute Gasteiger partial charge is 0.448 e. The number of carbonyl (C=O) groups excluding carboxylic acids is 1. The molecule has 1 aromatic heterocycles. The molecule has 0 unspecified atom stereocenters. The van der Waals surface area contributed by atoms with Crippen molar-refractivity contribution in [3.05, 3.63) is 16.4 Å². The van der Waals surface area contributed by atoms with Crippen molar-refractivity contribution in [1.82, 2.24) is 9.78 Å². The molecule has 0 fully saturated rings. The molecular formula is C6H8N2O4. The molecule has 0 spiro atoms. The Balaban J connectivity index is 2.95. The number of aryl methyl sites for hydroxylation is 1. The van der Waals surface area contributed by atoms with Gasteiger partial charge in [0.15, 0.2) is 0 Å². The Kier molecular flexibility index (Phi) is 2.27. The predicted molar refractivity (Wildman–Crippen MR) is 37.9 cm³/mol. The predicted octanol–water partition coefficient (Wildman–Crippen LogP) is 0.149. The molecule has 0 radical (unpaired) electrons. The molecule has 0 N–H and O–H groups in total. The van der Waals surface area contributed by atoms with Crippen molar-refractivity contribution in [3.8, 4) is 0 Å². The third kappa shape index (κ3) is 1.52. The van der Waals surface area contributed by atoms with Crippen LogP contribution in [-0.2, 0) is 4.74 Å². The van der Waals surface area contributed by atoms with Crippen molar-refractivity contribution in [2.24, 2.45) is 0 Å². The van der Waals surface area contributed by atoms with Gasteiger partial charge in [0.2, 0.25) is 5.89 Å². The Hall–Kier alpha value is -1.59. The molecule has 0 saturated heterocycles. The van der Waals surface area contributed by atoms with E-state index in [-0.39, 0.29) is 12.5 Å². The Bertz CT molecular complexity index is 338. The summed E-state index contributed by atoms with van der Waals surface area (Å²) in [6.07, 6.45) is -0.820. The minimum atomic E-state index is -0.828. The van der Waals surface area contributed by atoms with E-state index < -0.39 is 11.8 Å². The van der Waals surface area contributed by atoms with E-state index in [1.54, 1.807) is 6.92 Å². The molecule has 0 atom stereocenters. The molecular weight excluding hydrogens is 164 g/mol. The lowest BCUT2D eigenvalue weighted by atomic mass is 10.8. The second-order valence-corrected chi connectivity index (χ2v) is 2.00. The minimum Gasteiger partial charge on any atom is -0.448 e. The number of aromatic nitrogens is 2. The van der Waals surface area contributed by atoms with Gasteiger partial charge in [-0.05, 0) is 6.92 Å². The van der Waals surface area contributed by atoms with Gasteiger partial charge in [-0.1, -0.05) is 4.68 Å². The third-order valence-electron chi connectivity index (χ3n) is 1.09. The van der Waals surface area contributed by atoms with Crippen molar-refractivity contribution >= 4 is 6.09 Å². The Morgan fingerprint density at radius 3 is 2.83 bits per heavy atom. The number of hydrogen-bond acceptors (Lipinski definition) is 5. The third-order valence-corrected chi connectivity index (χ3v) is 1.09. The van der Waals surface area contributed by atoms with E-state index in [0.717, 1.165) is 0 Å². The van der Waals surface area contributed by atoms with Gasteiger partial charge >= 0.3 is 11.8 Å². The summed E-state index contributed by atoms with van der Waals surface area (Å²) in [5, 5.41) is 3.49. The van der Waals surface area contributed by atoms with E-state index >= 15 is 0 Å². The van der Waals surface area contributed by atoms with Crippen LogP contribution in [0.15, 0.2) is 9.21 Å². The summed E-state index contributed by atoms with van der Waals surface area (Å²) in [6.45, 7) is 3.30. The lowest BCUT2D eigenvalue weighted by Crippen LogP contribution is -2.25. The molecule has 0 saturated carbocycles. The molecule has 6 heteroatoms. The van der Waals surface area contributed by atoms with Crippen LogP contribution in [0.4, 0.5) is 4.79 Å². The van der Waals surface area contributed by atoms with E-state index in [9.17, 15) is 9.59 Å². The molecule has 1 aromatic rings. The van der Waals surface area contributed by atoms with E-state index in [2.05, 4.69) is 14.3 Å². The van der Waals surface area contributed by atoms with E-state index in [4.69, 9.17) is 0 Å². The monoisotopic (exact) mass is 172 g/mol. The van der Waals surface area contributed by atoms with E-state index in [1.807, 2.05) is 0 Å². The highest BCUT2D eigenvalue weighted by Gasteiger charge is 2.12. The van der Waals surface area contributed by atoms with Gasteiger partial charge in [0, 0.05) is 6.92 Å².